The second kappa shape index (κ2) is 4.25. The van der Waals surface area contributed by atoms with Gasteiger partial charge in [0.2, 0.25) is 0 Å². The lowest BCUT2D eigenvalue weighted by atomic mass is 10.0. The molecule has 2 aromatic rings. The number of nitrogens with zero attached hydrogens (tertiary/aromatic N) is 3. The number of hydrogen-bond acceptors (Lipinski definition) is 4. The maximum Gasteiger partial charge on any atom is 0.253 e. The lowest BCUT2D eigenvalue weighted by Gasteiger charge is -2.29. The van der Waals surface area contributed by atoms with Crippen LogP contribution in [-0.2, 0) is 13.0 Å². The van der Waals surface area contributed by atoms with E-state index in [0.29, 0.717) is 6.54 Å². The van der Waals surface area contributed by atoms with Crippen molar-refractivity contribution in [2.45, 2.75) is 19.9 Å². The van der Waals surface area contributed by atoms with E-state index in [4.69, 9.17) is 0 Å². The Hall–Kier alpha value is -2.17. The molecule has 18 heavy (non-hydrogen) atoms. The molecule has 1 aliphatic rings. The first-order chi connectivity index (χ1) is 8.75. The molecule has 0 spiro atoms. The van der Waals surface area contributed by atoms with E-state index >= 15 is 0 Å². The molecule has 5 heteroatoms. The van der Waals surface area contributed by atoms with E-state index in [-0.39, 0.29) is 5.56 Å². The minimum absolute atomic E-state index is 0.00116. The molecule has 3 heterocycles. The summed E-state index contributed by atoms with van der Waals surface area (Å²) >= 11 is 0. The molecule has 2 aromatic heterocycles. The molecule has 0 saturated carbocycles. The number of anilines is 1. The summed E-state index contributed by atoms with van der Waals surface area (Å²) < 4.78 is 0. The quantitative estimate of drug-likeness (QED) is 0.811. The smallest absolute Gasteiger partial charge is 0.253 e. The van der Waals surface area contributed by atoms with E-state index in [1.165, 1.54) is 0 Å². The van der Waals surface area contributed by atoms with Crippen molar-refractivity contribution < 1.29 is 0 Å². The van der Waals surface area contributed by atoms with Gasteiger partial charge < -0.3 is 9.88 Å². The number of aromatic amines is 1. The number of rotatable bonds is 1. The number of fused-ring (bicyclic) bond motifs is 1. The lowest BCUT2D eigenvalue weighted by Crippen LogP contribution is -2.35. The molecule has 0 bridgehead atoms. The van der Waals surface area contributed by atoms with Crippen molar-refractivity contribution in [2.75, 3.05) is 11.4 Å². The van der Waals surface area contributed by atoms with Crippen LogP contribution in [0.4, 0.5) is 5.82 Å². The number of aryl methyl sites for hydroxylation is 1. The maximum absolute atomic E-state index is 11.8. The molecule has 0 amide bonds. The Balaban J connectivity index is 1.99. The average Bonchev–Trinajstić information content (AvgIpc) is 2.40. The van der Waals surface area contributed by atoms with E-state index in [9.17, 15) is 4.79 Å². The van der Waals surface area contributed by atoms with Crippen LogP contribution in [0.2, 0.25) is 0 Å². The molecule has 0 saturated heterocycles. The van der Waals surface area contributed by atoms with E-state index in [1.54, 1.807) is 18.6 Å². The molecule has 3 rings (SSSR count). The van der Waals surface area contributed by atoms with Crippen LogP contribution in [0.1, 0.15) is 16.8 Å². The molecule has 1 N–H and O–H groups in total. The van der Waals surface area contributed by atoms with Crippen LogP contribution in [0.15, 0.2) is 29.5 Å². The summed E-state index contributed by atoms with van der Waals surface area (Å²) in [4.78, 5) is 25.2. The van der Waals surface area contributed by atoms with Crippen LogP contribution in [0.25, 0.3) is 0 Å². The number of nitrogens with one attached hydrogen (secondary N) is 1. The summed E-state index contributed by atoms with van der Waals surface area (Å²) in [6, 6.07) is 1.98. The molecular weight excluding hydrogens is 228 g/mol. The van der Waals surface area contributed by atoms with Crippen LogP contribution in [0, 0.1) is 6.92 Å². The zero-order valence-electron chi connectivity index (χ0n) is 10.2. The molecule has 0 unspecified atom stereocenters. The Kier molecular flexibility index (Phi) is 2.59. The van der Waals surface area contributed by atoms with E-state index in [1.807, 2.05) is 13.0 Å². The van der Waals surface area contributed by atoms with Gasteiger partial charge in [0.1, 0.15) is 5.82 Å². The zero-order valence-corrected chi connectivity index (χ0v) is 10.2. The lowest BCUT2D eigenvalue weighted by molar-refractivity contribution is 0.705. The first kappa shape index (κ1) is 11.0. The van der Waals surface area contributed by atoms with Crippen molar-refractivity contribution in [3.05, 3.63) is 51.8 Å². The highest BCUT2D eigenvalue weighted by molar-refractivity contribution is 5.46. The van der Waals surface area contributed by atoms with E-state index in [0.717, 1.165) is 35.6 Å². The largest absolute Gasteiger partial charge is 0.350 e. The van der Waals surface area contributed by atoms with Crippen molar-refractivity contribution in [3.63, 3.8) is 0 Å². The summed E-state index contributed by atoms with van der Waals surface area (Å²) in [5.74, 6) is 0.867. The second-order valence-electron chi connectivity index (χ2n) is 4.45. The molecule has 92 valence electrons. The third-order valence-electron chi connectivity index (χ3n) is 3.32. The molecule has 1 aliphatic heterocycles. The van der Waals surface area contributed by atoms with Crippen LogP contribution < -0.4 is 10.5 Å². The van der Waals surface area contributed by atoms with Gasteiger partial charge in [-0.1, -0.05) is 0 Å². The molecule has 0 radical (unpaired) electrons. The van der Waals surface area contributed by atoms with Crippen molar-refractivity contribution in [3.8, 4) is 0 Å². The van der Waals surface area contributed by atoms with Gasteiger partial charge in [0.05, 0.1) is 12.2 Å². The number of aromatic nitrogens is 3. The van der Waals surface area contributed by atoms with Gasteiger partial charge in [0, 0.05) is 30.7 Å². The van der Waals surface area contributed by atoms with Gasteiger partial charge in [-0.05, 0) is 25.0 Å². The Morgan fingerprint density at radius 3 is 3.00 bits per heavy atom. The topological polar surface area (TPSA) is 61.9 Å². The molecule has 0 aromatic carbocycles. The summed E-state index contributed by atoms with van der Waals surface area (Å²) in [5.41, 5.74) is 2.87. The third kappa shape index (κ3) is 1.77. The predicted molar refractivity (Wildman–Crippen MR) is 68.6 cm³/mol. The maximum atomic E-state index is 11.8. The molecule has 0 aliphatic carbocycles. The SMILES string of the molecule is Cc1nccnc1N1CCc2cc[nH]c(=O)c2C1. The fourth-order valence-corrected chi connectivity index (χ4v) is 2.38. The summed E-state index contributed by atoms with van der Waals surface area (Å²) in [6.45, 7) is 3.41. The summed E-state index contributed by atoms with van der Waals surface area (Å²) in [6.07, 6.45) is 5.95. The van der Waals surface area contributed by atoms with Crippen molar-refractivity contribution >= 4 is 5.82 Å². The van der Waals surface area contributed by atoms with Crippen molar-refractivity contribution in [1.29, 1.82) is 0 Å². The zero-order chi connectivity index (χ0) is 12.5. The second-order valence-corrected chi connectivity index (χ2v) is 4.45. The van der Waals surface area contributed by atoms with Gasteiger partial charge in [0.15, 0.2) is 0 Å². The van der Waals surface area contributed by atoms with Crippen LogP contribution >= 0.6 is 0 Å². The predicted octanol–water partition coefficient (Wildman–Crippen LogP) is 1.04. The highest BCUT2D eigenvalue weighted by Gasteiger charge is 2.20. The first-order valence-electron chi connectivity index (χ1n) is 5.97. The van der Waals surface area contributed by atoms with E-state index < -0.39 is 0 Å². The van der Waals surface area contributed by atoms with Gasteiger partial charge in [-0.15, -0.1) is 0 Å². The minimum atomic E-state index is -0.00116. The fraction of sp³-hybridized carbons (Fsp3) is 0.308. The van der Waals surface area contributed by atoms with Gasteiger partial charge in [-0.25, -0.2) is 4.98 Å². The highest BCUT2D eigenvalue weighted by atomic mass is 16.1. The first-order valence-corrected chi connectivity index (χ1v) is 5.97. The third-order valence-corrected chi connectivity index (χ3v) is 3.32. The standard InChI is InChI=1S/C13H14N4O/c1-9-12(15-6-5-14-9)17-7-3-10-2-4-16-13(18)11(10)8-17/h2,4-6H,3,7-8H2,1H3,(H,16,18). The Bertz CT molecular complexity index is 635. The Morgan fingerprint density at radius 2 is 2.17 bits per heavy atom. The molecule has 0 atom stereocenters. The van der Waals surface area contributed by atoms with Gasteiger partial charge in [0.25, 0.3) is 5.56 Å². The number of H-pyrrole nitrogens is 1. The molecule has 5 nitrogen and oxygen atoms in total. The van der Waals surface area contributed by atoms with Crippen LogP contribution in [-0.4, -0.2) is 21.5 Å². The highest BCUT2D eigenvalue weighted by Crippen LogP contribution is 2.21. The normalized spacial score (nSPS) is 14.4. The Morgan fingerprint density at radius 1 is 1.33 bits per heavy atom. The minimum Gasteiger partial charge on any atom is -0.350 e. The fourth-order valence-electron chi connectivity index (χ4n) is 2.38. The van der Waals surface area contributed by atoms with Gasteiger partial charge in [-0.2, -0.15) is 0 Å². The van der Waals surface area contributed by atoms with Crippen LogP contribution in [0.5, 0.6) is 0 Å². The average molecular weight is 242 g/mol. The molecular formula is C13H14N4O. The summed E-state index contributed by atoms with van der Waals surface area (Å²) in [7, 11) is 0. The molecule has 0 fully saturated rings. The van der Waals surface area contributed by atoms with E-state index in [2.05, 4.69) is 19.9 Å². The van der Waals surface area contributed by atoms with Crippen molar-refractivity contribution in [2.24, 2.45) is 0 Å². The number of hydrogen-bond donors (Lipinski definition) is 1. The number of pyridine rings is 1. The van der Waals surface area contributed by atoms with Crippen LogP contribution in [0.3, 0.4) is 0 Å². The summed E-state index contributed by atoms with van der Waals surface area (Å²) in [5, 5.41) is 0. The van der Waals surface area contributed by atoms with Crippen molar-refractivity contribution in [1.82, 2.24) is 15.0 Å². The monoisotopic (exact) mass is 242 g/mol. The van der Waals surface area contributed by atoms with Gasteiger partial charge >= 0.3 is 0 Å². The van der Waals surface area contributed by atoms with Gasteiger partial charge in [-0.3, -0.25) is 9.78 Å². The Labute approximate surface area is 105 Å².